The zero-order chi connectivity index (χ0) is 15.5. The first-order valence-corrected chi connectivity index (χ1v) is 7.57. The van der Waals surface area contributed by atoms with Gasteiger partial charge in [-0.1, -0.05) is 30.3 Å². The van der Waals surface area contributed by atoms with Crippen LogP contribution in [-0.4, -0.2) is 43.4 Å². The van der Waals surface area contributed by atoms with Crippen molar-refractivity contribution in [3.8, 4) is 0 Å². The van der Waals surface area contributed by atoms with E-state index in [1.54, 1.807) is 54.6 Å². The van der Waals surface area contributed by atoms with Gasteiger partial charge in [0.05, 0.1) is 12.6 Å². The number of likely N-dealkylation sites (N-methyl/N-ethyl adjacent to an activating group) is 1. The average molecular weight is 309 g/mol. The fourth-order valence-corrected chi connectivity index (χ4v) is 2.23. The summed E-state index contributed by atoms with van der Waals surface area (Å²) in [4.78, 5) is 14.0. The van der Waals surface area contributed by atoms with Crippen LogP contribution in [-0.2, 0) is 14.6 Å². The van der Waals surface area contributed by atoms with Crippen LogP contribution >= 0.6 is 0 Å². The summed E-state index contributed by atoms with van der Waals surface area (Å²) in [6, 6.07) is 8.31. The Hall–Kier alpha value is -1.96. The SMILES string of the molecule is CN1C=CC(C(=O)c2ccccc2)=CC1COS(=O)(=O)O. The third kappa shape index (κ3) is 4.25. The van der Waals surface area contributed by atoms with Gasteiger partial charge in [-0.2, -0.15) is 8.42 Å². The lowest BCUT2D eigenvalue weighted by molar-refractivity contribution is 0.103. The van der Waals surface area contributed by atoms with E-state index in [9.17, 15) is 13.2 Å². The third-order valence-corrected chi connectivity index (χ3v) is 3.50. The van der Waals surface area contributed by atoms with Crippen molar-refractivity contribution < 1.29 is 21.9 Å². The summed E-state index contributed by atoms with van der Waals surface area (Å²) in [6.07, 6.45) is 4.92. The highest BCUT2D eigenvalue weighted by Crippen LogP contribution is 2.17. The molecule has 112 valence electrons. The van der Waals surface area contributed by atoms with Crippen molar-refractivity contribution in [3.05, 3.63) is 59.8 Å². The molecule has 0 aliphatic carbocycles. The van der Waals surface area contributed by atoms with Gasteiger partial charge in [-0.25, -0.2) is 4.18 Å². The Morgan fingerprint density at radius 3 is 2.62 bits per heavy atom. The van der Waals surface area contributed by atoms with Crippen LogP contribution in [0.1, 0.15) is 10.4 Å². The predicted octanol–water partition coefficient (Wildman–Crippen LogP) is 1.44. The molecule has 7 heteroatoms. The summed E-state index contributed by atoms with van der Waals surface area (Å²) in [6.45, 7) is -0.273. The summed E-state index contributed by atoms with van der Waals surface area (Å²) >= 11 is 0. The lowest BCUT2D eigenvalue weighted by atomic mass is 9.99. The van der Waals surface area contributed by atoms with Gasteiger partial charge in [0.15, 0.2) is 5.78 Å². The molecule has 0 spiro atoms. The fraction of sp³-hybridized carbons (Fsp3) is 0.214. The molecule has 1 N–H and O–H groups in total. The van der Waals surface area contributed by atoms with E-state index in [1.807, 2.05) is 6.07 Å². The molecule has 21 heavy (non-hydrogen) atoms. The monoisotopic (exact) mass is 309 g/mol. The van der Waals surface area contributed by atoms with Crippen LogP contribution in [0.15, 0.2) is 54.3 Å². The predicted molar refractivity (Wildman–Crippen MR) is 77.0 cm³/mol. The van der Waals surface area contributed by atoms with Crippen molar-refractivity contribution in [2.45, 2.75) is 6.04 Å². The fourth-order valence-electron chi connectivity index (χ4n) is 1.92. The van der Waals surface area contributed by atoms with Gasteiger partial charge in [-0.05, 0) is 12.2 Å². The smallest absolute Gasteiger partial charge is 0.372 e. The van der Waals surface area contributed by atoms with Crippen LogP contribution in [0.2, 0.25) is 0 Å². The second-order valence-electron chi connectivity index (χ2n) is 4.58. The molecule has 2 rings (SSSR count). The molecule has 1 atom stereocenters. The van der Waals surface area contributed by atoms with Gasteiger partial charge in [0, 0.05) is 24.4 Å². The molecule has 0 saturated heterocycles. The van der Waals surface area contributed by atoms with E-state index < -0.39 is 16.4 Å². The molecule has 0 radical (unpaired) electrons. The van der Waals surface area contributed by atoms with Crippen LogP contribution in [0.3, 0.4) is 0 Å². The molecule has 0 fully saturated rings. The highest BCUT2D eigenvalue weighted by molar-refractivity contribution is 7.80. The highest BCUT2D eigenvalue weighted by atomic mass is 32.3. The minimum atomic E-state index is -4.50. The third-order valence-electron chi connectivity index (χ3n) is 3.07. The Morgan fingerprint density at radius 2 is 2.00 bits per heavy atom. The van der Waals surface area contributed by atoms with Gasteiger partial charge in [0.25, 0.3) is 0 Å². The van der Waals surface area contributed by atoms with Crippen molar-refractivity contribution in [2.24, 2.45) is 0 Å². The van der Waals surface area contributed by atoms with Crippen molar-refractivity contribution in [1.29, 1.82) is 0 Å². The second-order valence-corrected chi connectivity index (χ2v) is 5.67. The first kappa shape index (κ1) is 15.4. The molecule has 1 unspecified atom stereocenters. The number of ketones is 1. The van der Waals surface area contributed by atoms with Gasteiger partial charge >= 0.3 is 10.4 Å². The average Bonchev–Trinajstić information content (AvgIpc) is 2.46. The number of benzene rings is 1. The Kier molecular flexibility index (Phi) is 4.56. The van der Waals surface area contributed by atoms with Crippen molar-refractivity contribution in [1.82, 2.24) is 4.90 Å². The maximum Gasteiger partial charge on any atom is 0.397 e. The zero-order valence-corrected chi connectivity index (χ0v) is 12.2. The lowest BCUT2D eigenvalue weighted by Crippen LogP contribution is -2.33. The molecular weight excluding hydrogens is 294 g/mol. The molecule has 0 aromatic heterocycles. The van der Waals surface area contributed by atoms with E-state index in [1.165, 1.54) is 0 Å². The summed E-state index contributed by atoms with van der Waals surface area (Å²) < 4.78 is 34.2. The molecule has 0 saturated carbocycles. The summed E-state index contributed by atoms with van der Waals surface area (Å²) in [5.41, 5.74) is 0.996. The Morgan fingerprint density at radius 1 is 1.33 bits per heavy atom. The van der Waals surface area contributed by atoms with Crippen molar-refractivity contribution >= 4 is 16.2 Å². The zero-order valence-electron chi connectivity index (χ0n) is 11.3. The van der Waals surface area contributed by atoms with E-state index in [-0.39, 0.29) is 12.4 Å². The normalized spacial score (nSPS) is 18.5. The van der Waals surface area contributed by atoms with Gasteiger partial charge in [0.2, 0.25) is 0 Å². The number of nitrogens with zero attached hydrogens (tertiary/aromatic N) is 1. The topological polar surface area (TPSA) is 83.9 Å². The van der Waals surface area contributed by atoms with E-state index in [2.05, 4.69) is 4.18 Å². The summed E-state index contributed by atoms with van der Waals surface area (Å²) in [5, 5.41) is 0. The van der Waals surface area contributed by atoms with Crippen LogP contribution < -0.4 is 0 Å². The number of rotatable bonds is 5. The van der Waals surface area contributed by atoms with Crippen LogP contribution in [0.4, 0.5) is 0 Å². The quantitative estimate of drug-likeness (QED) is 0.654. The second kappa shape index (κ2) is 6.21. The van der Waals surface area contributed by atoms with Crippen LogP contribution in [0.25, 0.3) is 0 Å². The molecular formula is C14H15NO5S. The number of hydrogen-bond acceptors (Lipinski definition) is 5. The summed E-state index contributed by atoms with van der Waals surface area (Å²) in [7, 11) is -2.78. The first-order chi connectivity index (χ1) is 9.87. The number of Topliss-reactive ketones (excluding diaryl/α,β-unsaturated/α-hetero) is 1. The molecule has 0 bridgehead atoms. The molecule has 1 heterocycles. The molecule has 1 aromatic carbocycles. The van der Waals surface area contributed by atoms with Gasteiger partial charge in [-0.3, -0.25) is 9.35 Å². The molecule has 1 aliphatic heterocycles. The molecule has 1 aliphatic rings. The van der Waals surface area contributed by atoms with Crippen LogP contribution in [0, 0.1) is 0 Å². The van der Waals surface area contributed by atoms with E-state index in [0.29, 0.717) is 11.1 Å². The highest BCUT2D eigenvalue weighted by Gasteiger charge is 2.20. The van der Waals surface area contributed by atoms with Gasteiger partial charge in [-0.15, -0.1) is 0 Å². The first-order valence-electron chi connectivity index (χ1n) is 6.20. The molecule has 1 aromatic rings. The van der Waals surface area contributed by atoms with Crippen molar-refractivity contribution in [2.75, 3.05) is 13.7 Å². The molecule has 0 amide bonds. The maximum atomic E-state index is 12.3. The van der Waals surface area contributed by atoms with Crippen LogP contribution in [0.5, 0.6) is 0 Å². The standard InChI is InChI=1S/C14H15NO5S/c1-15-8-7-12(9-13(15)10-20-21(17,18)19)14(16)11-5-3-2-4-6-11/h2-9,13H,10H2,1H3,(H,17,18,19). The Labute approximate surface area is 123 Å². The summed E-state index contributed by atoms with van der Waals surface area (Å²) in [5.74, 6) is -0.156. The molecule has 6 nitrogen and oxygen atoms in total. The van der Waals surface area contributed by atoms with E-state index in [4.69, 9.17) is 4.55 Å². The largest absolute Gasteiger partial charge is 0.397 e. The van der Waals surface area contributed by atoms with Gasteiger partial charge in [0.1, 0.15) is 0 Å². The number of hydrogen-bond donors (Lipinski definition) is 1. The maximum absolute atomic E-state index is 12.3. The number of carbonyl (C=O) groups excluding carboxylic acids is 1. The minimum absolute atomic E-state index is 0.156. The lowest BCUT2D eigenvalue weighted by Gasteiger charge is -2.27. The van der Waals surface area contributed by atoms with E-state index >= 15 is 0 Å². The van der Waals surface area contributed by atoms with E-state index in [0.717, 1.165) is 0 Å². The minimum Gasteiger partial charge on any atom is -0.372 e. The Bertz CT molecular complexity index is 679. The number of allylic oxidation sites excluding steroid dienone is 2. The van der Waals surface area contributed by atoms with Crippen molar-refractivity contribution in [3.63, 3.8) is 0 Å². The van der Waals surface area contributed by atoms with Gasteiger partial charge < -0.3 is 4.90 Å². The Balaban J connectivity index is 2.16. The number of carbonyl (C=O) groups is 1.